The first kappa shape index (κ1) is 20.4. The quantitative estimate of drug-likeness (QED) is 0.408. The number of hydrogen-bond donors (Lipinski definition) is 2. The Kier molecular flexibility index (Phi) is 8.74. The van der Waals surface area contributed by atoms with Gasteiger partial charge in [0.2, 0.25) is 5.89 Å². The number of hydrogen-bond acceptors (Lipinski definition) is 5. The predicted molar refractivity (Wildman–Crippen MR) is 96.1 cm³/mol. The predicted octanol–water partition coefficient (Wildman–Crippen LogP) is 2.48. The van der Waals surface area contributed by atoms with Gasteiger partial charge in [0.15, 0.2) is 11.8 Å². The lowest BCUT2D eigenvalue weighted by Gasteiger charge is -2.11. The van der Waals surface area contributed by atoms with E-state index >= 15 is 0 Å². The van der Waals surface area contributed by atoms with E-state index in [9.17, 15) is 0 Å². The Morgan fingerprint density at radius 1 is 1.29 bits per heavy atom. The summed E-state index contributed by atoms with van der Waals surface area (Å²) in [4.78, 5) is 8.88. The summed E-state index contributed by atoms with van der Waals surface area (Å²) < 4.78 is 10.8. The largest absolute Gasteiger partial charge is 0.381 e. The normalized spacial score (nSPS) is 12.7. The lowest BCUT2D eigenvalue weighted by atomic mass is 9.97. The van der Waals surface area contributed by atoms with Crippen molar-refractivity contribution in [1.29, 1.82) is 0 Å². The molecule has 0 aliphatic rings. The SMILES string of the molecule is CCNC(=NCc1noc(C(C)(C)C)n1)NCCCOCC(C)C. The first-order chi connectivity index (χ1) is 11.3. The molecular weight excluding hydrogens is 306 g/mol. The van der Waals surface area contributed by atoms with Gasteiger partial charge in [0.05, 0.1) is 0 Å². The molecule has 1 aromatic rings. The number of ether oxygens (including phenoxy) is 1. The van der Waals surface area contributed by atoms with Crippen LogP contribution in [0.15, 0.2) is 9.52 Å². The second-order valence-electron chi connectivity index (χ2n) is 7.21. The Labute approximate surface area is 145 Å². The summed E-state index contributed by atoms with van der Waals surface area (Å²) in [6, 6.07) is 0. The van der Waals surface area contributed by atoms with Crippen molar-refractivity contribution < 1.29 is 9.26 Å². The number of rotatable bonds is 9. The topological polar surface area (TPSA) is 84.6 Å². The van der Waals surface area contributed by atoms with Crippen molar-refractivity contribution in [3.63, 3.8) is 0 Å². The molecule has 7 nitrogen and oxygen atoms in total. The third-order valence-electron chi connectivity index (χ3n) is 3.04. The van der Waals surface area contributed by atoms with E-state index in [2.05, 4.69) is 39.6 Å². The molecule has 0 aliphatic heterocycles. The summed E-state index contributed by atoms with van der Waals surface area (Å²) in [5.41, 5.74) is -0.145. The van der Waals surface area contributed by atoms with Crippen LogP contribution in [0.2, 0.25) is 0 Å². The number of aromatic nitrogens is 2. The van der Waals surface area contributed by atoms with Crippen molar-refractivity contribution in [3.05, 3.63) is 11.7 Å². The second kappa shape index (κ2) is 10.3. The molecule has 0 fully saturated rings. The molecule has 24 heavy (non-hydrogen) atoms. The lowest BCUT2D eigenvalue weighted by Crippen LogP contribution is -2.38. The van der Waals surface area contributed by atoms with E-state index in [-0.39, 0.29) is 5.41 Å². The maximum atomic E-state index is 5.57. The van der Waals surface area contributed by atoms with Crippen LogP contribution in [0, 0.1) is 5.92 Å². The third kappa shape index (κ3) is 8.29. The van der Waals surface area contributed by atoms with Crippen molar-refractivity contribution in [2.75, 3.05) is 26.3 Å². The number of nitrogens with one attached hydrogen (secondary N) is 2. The fraction of sp³-hybridized carbons (Fsp3) is 0.824. The first-order valence-electron chi connectivity index (χ1n) is 8.76. The summed E-state index contributed by atoms with van der Waals surface area (Å²) in [6.07, 6.45) is 0.938. The zero-order chi connectivity index (χ0) is 18.0. The van der Waals surface area contributed by atoms with Gasteiger partial charge in [-0.2, -0.15) is 4.98 Å². The number of guanidine groups is 1. The van der Waals surface area contributed by atoms with Crippen LogP contribution >= 0.6 is 0 Å². The van der Waals surface area contributed by atoms with E-state index in [0.29, 0.717) is 24.2 Å². The smallest absolute Gasteiger partial charge is 0.232 e. The van der Waals surface area contributed by atoms with Crippen molar-refractivity contribution in [1.82, 2.24) is 20.8 Å². The highest BCUT2D eigenvalue weighted by Gasteiger charge is 2.21. The molecule has 1 heterocycles. The number of aliphatic imine (C=N–C) groups is 1. The third-order valence-corrected chi connectivity index (χ3v) is 3.04. The highest BCUT2D eigenvalue weighted by molar-refractivity contribution is 5.79. The van der Waals surface area contributed by atoms with Crippen molar-refractivity contribution >= 4 is 5.96 Å². The van der Waals surface area contributed by atoms with Gasteiger partial charge in [0, 0.05) is 31.7 Å². The van der Waals surface area contributed by atoms with E-state index < -0.39 is 0 Å². The fourth-order valence-electron chi connectivity index (χ4n) is 1.81. The van der Waals surface area contributed by atoms with Crippen molar-refractivity contribution in [2.24, 2.45) is 10.9 Å². The van der Waals surface area contributed by atoms with E-state index in [1.165, 1.54) is 0 Å². The molecule has 0 aliphatic carbocycles. The summed E-state index contributed by atoms with van der Waals surface area (Å²) in [5, 5.41) is 10.5. The molecule has 0 aromatic carbocycles. The molecule has 7 heteroatoms. The molecule has 1 rings (SSSR count). The molecule has 0 saturated carbocycles. The van der Waals surface area contributed by atoms with Gasteiger partial charge in [-0.15, -0.1) is 0 Å². The van der Waals surface area contributed by atoms with Gasteiger partial charge in [-0.3, -0.25) is 0 Å². The molecule has 0 saturated heterocycles. The summed E-state index contributed by atoms with van der Waals surface area (Å²) >= 11 is 0. The van der Waals surface area contributed by atoms with Crippen LogP contribution < -0.4 is 10.6 Å². The molecule has 0 bridgehead atoms. The molecule has 138 valence electrons. The Balaban J connectivity index is 2.40. The van der Waals surface area contributed by atoms with Gasteiger partial charge in [-0.1, -0.05) is 39.8 Å². The van der Waals surface area contributed by atoms with Gasteiger partial charge in [0.25, 0.3) is 0 Å². The summed E-state index contributed by atoms with van der Waals surface area (Å²) in [5.74, 6) is 2.55. The molecule has 1 aromatic heterocycles. The van der Waals surface area contributed by atoms with Crippen LogP contribution in [0.25, 0.3) is 0 Å². The van der Waals surface area contributed by atoms with E-state index in [1.807, 2.05) is 27.7 Å². The Bertz CT molecular complexity index is 491. The highest BCUT2D eigenvalue weighted by Crippen LogP contribution is 2.19. The highest BCUT2D eigenvalue weighted by atomic mass is 16.5. The fourth-order valence-corrected chi connectivity index (χ4v) is 1.81. The molecule has 0 radical (unpaired) electrons. The Morgan fingerprint density at radius 2 is 2.04 bits per heavy atom. The molecule has 0 amide bonds. The minimum Gasteiger partial charge on any atom is -0.381 e. The average Bonchev–Trinajstić information content (AvgIpc) is 2.97. The molecule has 0 atom stereocenters. The number of nitrogens with zero attached hydrogens (tertiary/aromatic N) is 3. The standard InChI is InChI=1S/C17H33N5O2/c1-7-18-16(19-9-8-10-23-12-13(2)3)20-11-14-21-15(24-22-14)17(4,5)6/h13H,7-12H2,1-6H3,(H2,18,19,20). The minimum absolute atomic E-state index is 0.145. The Morgan fingerprint density at radius 3 is 2.62 bits per heavy atom. The van der Waals surface area contributed by atoms with Crippen LogP contribution in [0.5, 0.6) is 0 Å². The van der Waals surface area contributed by atoms with Crippen molar-refractivity contribution in [2.45, 2.75) is 59.9 Å². The molecule has 0 spiro atoms. The minimum atomic E-state index is -0.145. The van der Waals surface area contributed by atoms with Crippen LogP contribution in [0.3, 0.4) is 0 Å². The molecule has 0 unspecified atom stereocenters. The van der Waals surface area contributed by atoms with Gasteiger partial charge >= 0.3 is 0 Å². The van der Waals surface area contributed by atoms with Crippen LogP contribution in [0.1, 0.15) is 59.7 Å². The monoisotopic (exact) mass is 339 g/mol. The zero-order valence-corrected chi connectivity index (χ0v) is 16.0. The van der Waals surface area contributed by atoms with Crippen LogP contribution in [0.4, 0.5) is 0 Å². The van der Waals surface area contributed by atoms with Crippen LogP contribution in [-0.2, 0) is 16.7 Å². The van der Waals surface area contributed by atoms with E-state index in [0.717, 1.165) is 38.7 Å². The van der Waals surface area contributed by atoms with Crippen LogP contribution in [-0.4, -0.2) is 42.4 Å². The van der Waals surface area contributed by atoms with E-state index in [1.54, 1.807) is 0 Å². The average molecular weight is 339 g/mol. The first-order valence-corrected chi connectivity index (χ1v) is 8.76. The van der Waals surface area contributed by atoms with Gasteiger partial charge < -0.3 is 19.9 Å². The second-order valence-corrected chi connectivity index (χ2v) is 7.21. The maximum absolute atomic E-state index is 5.57. The maximum Gasteiger partial charge on any atom is 0.232 e. The van der Waals surface area contributed by atoms with Gasteiger partial charge in [-0.25, -0.2) is 4.99 Å². The van der Waals surface area contributed by atoms with Gasteiger partial charge in [0.1, 0.15) is 6.54 Å². The van der Waals surface area contributed by atoms with Crippen molar-refractivity contribution in [3.8, 4) is 0 Å². The summed E-state index contributed by atoms with van der Waals surface area (Å²) in [7, 11) is 0. The Hall–Kier alpha value is -1.63. The van der Waals surface area contributed by atoms with E-state index in [4.69, 9.17) is 9.26 Å². The summed E-state index contributed by atoms with van der Waals surface area (Å²) in [6.45, 7) is 16.0. The molecule has 2 N–H and O–H groups in total. The molecular formula is C17H33N5O2. The van der Waals surface area contributed by atoms with Gasteiger partial charge in [-0.05, 0) is 19.3 Å². The lowest BCUT2D eigenvalue weighted by molar-refractivity contribution is 0.108. The zero-order valence-electron chi connectivity index (χ0n) is 16.0.